The molecule has 0 radical (unpaired) electrons. The maximum atomic E-state index is 6.18. The molecule has 110 valence electrons. The van der Waals surface area contributed by atoms with E-state index in [0.29, 0.717) is 17.4 Å². The molecule has 0 aromatic carbocycles. The van der Waals surface area contributed by atoms with Crippen LogP contribution in [0, 0.1) is 11.3 Å². The number of halogens is 2. The highest BCUT2D eigenvalue weighted by atomic mass is 79.9. The molecular weight excluding hydrogens is 342 g/mol. The van der Waals surface area contributed by atoms with Crippen molar-refractivity contribution in [1.82, 2.24) is 5.32 Å². The average molecular weight is 367 g/mol. The molecule has 1 aromatic heterocycles. The summed E-state index contributed by atoms with van der Waals surface area (Å²) in [6.07, 6.45) is 2.30. The third-order valence-corrected chi connectivity index (χ3v) is 6.30. The number of hydrogen-bond donors (Lipinski definition) is 1. The van der Waals surface area contributed by atoms with Crippen molar-refractivity contribution in [3.05, 3.63) is 19.8 Å². The van der Waals surface area contributed by atoms with E-state index in [4.69, 9.17) is 11.6 Å². The van der Waals surface area contributed by atoms with Crippen LogP contribution in [0.4, 0.5) is 0 Å². The Labute approximate surface area is 135 Å². The minimum atomic E-state index is 0.338. The lowest BCUT2D eigenvalue weighted by molar-refractivity contribution is 0.224. The van der Waals surface area contributed by atoms with Crippen LogP contribution in [0.3, 0.4) is 0 Å². The average Bonchev–Trinajstić information content (AvgIpc) is 2.63. The Morgan fingerprint density at radius 2 is 2.05 bits per heavy atom. The van der Waals surface area contributed by atoms with Gasteiger partial charge in [-0.1, -0.05) is 46.2 Å². The van der Waals surface area contributed by atoms with E-state index in [9.17, 15) is 0 Å². The van der Waals surface area contributed by atoms with Gasteiger partial charge in [-0.05, 0) is 52.7 Å². The molecule has 0 amide bonds. The lowest BCUT2D eigenvalue weighted by atomic mass is 9.78. The number of rotatable bonds is 6. The first-order valence-electron chi connectivity index (χ1n) is 6.93. The van der Waals surface area contributed by atoms with Crippen molar-refractivity contribution in [2.45, 2.75) is 53.5 Å². The van der Waals surface area contributed by atoms with Crippen LogP contribution in [0.5, 0.6) is 0 Å². The molecule has 0 aliphatic heterocycles. The van der Waals surface area contributed by atoms with E-state index in [1.807, 2.05) is 0 Å². The second-order valence-electron chi connectivity index (χ2n) is 6.28. The zero-order valence-electron chi connectivity index (χ0n) is 12.5. The number of thiophene rings is 1. The van der Waals surface area contributed by atoms with E-state index in [0.717, 1.165) is 28.2 Å². The molecule has 0 aliphatic rings. The summed E-state index contributed by atoms with van der Waals surface area (Å²) < 4.78 is 1.86. The monoisotopic (exact) mass is 365 g/mol. The van der Waals surface area contributed by atoms with Gasteiger partial charge in [-0.3, -0.25) is 0 Å². The van der Waals surface area contributed by atoms with Gasteiger partial charge >= 0.3 is 0 Å². The first kappa shape index (κ1) is 17.5. The largest absolute Gasteiger partial charge is 0.309 e. The highest BCUT2D eigenvalue weighted by Crippen LogP contribution is 2.39. The molecule has 0 saturated carbocycles. The Balaban J connectivity index is 2.82. The fourth-order valence-electron chi connectivity index (χ4n) is 1.86. The van der Waals surface area contributed by atoms with E-state index in [2.05, 4.69) is 61.9 Å². The Kier molecular flexibility index (Phi) is 6.85. The molecule has 4 heteroatoms. The van der Waals surface area contributed by atoms with Crippen molar-refractivity contribution in [3.63, 3.8) is 0 Å². The molecule has 1 aromatic rings. The van der Waals surface area contributed by atoms with Crippen LogP contribution in [0.15, 0.2) is 10.5 Å². The van der Waals surface area contributed by atoms with E-state index >= 15 is 0 Å². The molecule has 1 nitrogen and oxygen atoms in total. The molecule has 1 N–H and O–H groups in total. The molecule has 1 heterocycles. The van der Waals surface area contributed by atoms with Crippen LogP contribution in [0.25, 0.3) is 0 Å². The van der Waals surface area contributed by atoms with E-state index in [1.165, 1.54) is 4.88 Å². The van der Waals surface area contributed by atoms with Crippen LogP contribution in [0.2, 0.25) is 4.34 Å². The molecule has 2 atom stereocenters. The Bertz CT molecular complexity index is 378. The standard InChI is InChI=1S/C15H25BrClNS/c1-6-7-18-12(8-10(2)15(3,4)5)13-9-11(16)14(17)19-13/h9-10,12,18H,6-8H2,1-5H3. The number of hydrogen-bond acceptors (Lipinski definition) is 2. The van der Waals surface area contributed by atoms with Gasteiger partial charge in [0.25, 0.3) is 0 Å². The van der Waals surface area contributed by atoms with Crippen molar-refractivity contribution in [2.24, 2.45) is 11.3 Å². The quantitative estimate of drug-likeness (QED) is 0.625. The van der Waals surface area contributed by atoms with Gasteiger partial charge in [-0.2, -0.15) is 0 Å². The molecule has 2 unspecified atom stereocenters. The summed E-state index contributed by atoms with van der Waals surface area (Å²) in [5.41, 5.74) is 0.338. The predicted octanol–water partition coefficient (Wildman–Crippen LogP) is 6.28. The maximum absolute atomic E-state index is 6.18. The second-order valence-corrected chi connectivity index (χ2v) is 8.82. The third-order valence-electron chi connectivity index (χ3n) is 3.72. The fourth-order valence-corrected chi connectivity index (χ4v) is 3.69. The maximum Gasteiger partial charge on any atom is 0.107 e. The first-order chi connectivity index (χ1) is 8.75. The first-order valence-corrected chi connectivity index (χ1v) is 8.92. The van der Waals surface area contributed by atoms with Gasteiger partial charge < -0.3 is 5.32 Å². The minimum Gasteiger partial charge on any atom is -0.309 e. The third kappa shape index (κ3) is 5.37. The normalized spacial score (nSPS) is 15.5. The SMILES string of the molecule is CCCNC(CC(C)C(C)(C)C)c1cc(Br)c(Cl)s1. The summed E-state index contributed by atoms with van der Waals surface area (Å²) in [6, 6.07) is 2.57. The second kappa shape index (κ2) is 7.44. The van der Waals surface area contributed by atoms with Crippen LogP contribution < -0.4 is 5.32 Å². The van der Waals surface area contributed by atoms with Crippen LogP contribution >= 0.6 is 38.9 Å². The van der Waals surface area contributed by atoms with Crippen molar-refractivity contribution in [1.29, 1.82) is 0 Å². The molecule has 0 aliphatic carbocycles. The summed E-state index contributed by atoms with van der Waals surface area (Å²) in [5, 5.41) is 3.66. The van der Waals surface area contributed by atoms with Gasteiger partial charge in [0.05, 0.1) is 0 Å². The van der Waals surface area contributed by atoms with E-state index in [-0.39, 0.29) is 0 Å². The lowest BCUT2D eigenvalue weighted by Crippen LogP contribution is -2.27. The Morgan fingerprint density at radius 1 is 1.42 bits per heavy atom. The van der Waals surface area contributed by atoms with Crippen molar-refractivity contribution in [3.8, 4) is 0 Å². The zero-order valence-corrected chi connectivity index (χ0v) is 15.7. The molecular formula is C15H25BrClNS. The molecule has 1 rings (SSSR count). The van der Waals surface area contributed by atoms with Gasteiger partial charge in [0.2, 0.25) is 0 Å². The van der Waals surface area contributed by atoms with E-state index < -0.39 is 0 Å². The Morgan fingerprint density at radius 3 is 2.47 bits per heavy atom. The van der Waals surface area contributed by atoms with Crippen molar-refractivity contribution < 1.29 is 0 Å². The fraction of sp³-hybridized carbons (Fsp3) is 0.733. The topological polar surface area (TPSA) is 12.0 Å². The summed E-state index contributed by atoms with van der Waals surface area (Å²) in [7, 11) is 0. The molecule has 0 bridgehead atoms. The van der Waals surface area contributed by atoms with Crippen LogP contribution in [-0.4, -0.2) is 6.54 Å². The van der Waals surface area contributed by atoms with Gasteiger partial charge in [-0.15, -0.1) is 11.3 Å². The highest BCUT2D eigenvalue weighted by molar-refractivity contribution is 9.10. The predicted molar refractivity (Wildman–Crippen MR) is 91.3 cm³/mol. The zero-order chi connectivity index (χ0) is 14.6. The molecule has 0 fully saturated rings. The van der Waals surface area contributed by atoms with Gasteiger partial charge in [0, 0.05) is 15.4 Å². The van der Waals surface area contributed by atoms with Crippen LogP contribution in [-0.2, 0) is 0 Å². The van der Waals surface area contributed by atoms with Crippen molar-refractivity contribution in [2.75, 3.05) is 6.54 Å². The van der Waals surface area contributed by atoms with Gasteiger partial charge in [-0.25, -0.2) is 0 Å². The molecule has 19 heavy (non-hydrogen) atoms. The summed E-state index contributed by atoms with van der Waals surface area (Å²) in [4.78, 5) is 1.33. The highest BCUT2D eigenvalue weighted by Gasteiger charge is 2.25. The summed E-state index contributed by atoms with van der Waals surface area (Å²) in [5.74, 6) is 0.654. The van der Waals surface area contributed by atoms with Gasteiger partial charge in [0.15, 0.2) is 0 Å². The van der Waals surface area contributed by atoms with Gasteiger partial charge in [0.1, 0.15) is 4.34 Å². The van der Waals surface area contributed by atoms with E-state index in [1.54, 1.807) is 11.3 Å². The number of nitrogens with one attached hydrogen (secondary N) is 1. The smallest absolute Gasteiger partial charge is 0.107 e. The van der Waals surface area contributed by atoms with Crippen molar-refractivity contribution >= 4 is 38.9 Å². The minimum absolute atomic E-state index is 0.338. The summed E-state index contributed by atoms with van der Waals surface area (Å²) in [6.45, 7) is 12.5. The van der Waals surface area contributed by atoms with Crippen LogP contribution in [0.1, 0.15) is 58.4 Å². The Hall–Kier alpha value is 0.430. The summed E-state index contributed by atoms with van der Waals surface area (Å²) >= 11 is 11.4. The molecule has 0 saturated heterocycles. The molecule has 0 spiro atoms. The lowest BCUT2D eigenvalue weighted by Gasteiger charge is -2.31.